The summed E-state index contributed by atoms with van der Waals surface area (Å²) in [6, 6.07) is 0. The van der Waals surface area contributed by atoms with Crippen LogP contribution in [-0.2, 0) is 0 Å². The van der Waals surface area contributed by atoms with Crippen molar-refractivity contribution < 1.29 is 0 Å². The third-order valence-corrected chi connectivity index (χ3v) is 3.79. The van der Waals surface area contributed by atoms with Gasteiger partial charge in [-0.1, -0.05) is 75.8 Å². The van der Waals surface area contributed by atoms with E-state index >= 15 is 0 Å². The van der Waals surface area contributed by atoms with E-state index in [0.717, 1.165) is 11.6 Å². The van der Waals surface area contributed by atoms with Gasteiger partial charge in [-0.3, -0.25) is 0 Å². The maximum atomic E-state index is 2.44. The van der Waals surface area contributed by atoms with Crippen LogP contribution in [0, 0.1) is 0 Å². The van der Waals surface area contributed by atoms with Gasteiger partial charge < -0.3 is 0 Å². The van der Waals surface area contributed by atoms with Crippen molar-refractivity contribution in [2.75, 3.05) is 0 Å². The highest BCUT2D eigenvalue weighted by atomic mass is 14.1. The molecule has 0 aliphatic heterocycles. The van der Waals surface area contributed by atoms with Gasteiger partial charge in [-0.2, -0.15) is 0 Å². The van der Waals surface area contributed by atoms with Gasteiger partial charge in [-0.25, -0.2) is 0 Å². The van der Waals surface area contributed by atoms with Crippen LogP contribution in [0.4, 0.5) is 0 Å². The first kappa shape index (κ1) is 12.2. The van der Waals surface area contributed by atoms with Crippen molar-refractivity contribution >= 4 is 15.7 Å². The van der Waals surface area contributed by atoms with Gasteiger partial charge in [-0.15, -0.1) is 0 Å². The minimum Gasteiger partial charge on any atom is -0.0697 e. The maximum absolute atomic E-state index is 2.44. The van der Waals surface area contributed by atoms with E-state index < -0.39 is 0 Å². The largest absolute Gasteiger partial charge is 0.105 e. The van der Waals surface area contributed by atoms with Crippen molar-refractivity contribution in [3.63, 3.8) is 0 Å². The fourth-order valence-electron chi connectivity index (χ4n) is 2.62. The Labute approximate surface area is 92.1 Å². The Bertz CT molecular complexity index is 122. The minimum atomic E-state index is 0.988. The summed E-state index contributed by atoms with van der Waals surface area (Å²) >= 11 is 0. The Balaban J connectivity index is 2.21. The second kappa shape index (κ2) is 7.43. The predicted molar refractivity (Wildman–Crippen MR) is 70.8 cm³/mol. The topological polar surface area (TPSA) is 0 Å². The van der Waals surface area contributed by atoms with Crippen molar-refractivity contribution in [3.05, 3.63) is 0 Å². The second-order valence-corrected chi connectivity index (χ2v) is 5.49. The van der Waals surface area contributed by atoms with E-state index in [1.165, 1.54) is 64.2 Å². The number of rotatable bonds is 0. The van der Waals surface area contributed by atoms with Crippen LogP contribution in [-0.4, -0.2) is 15.7 Å². The lowest BCUT2D eigenvalue weighted by atomic mass is 9.74. The van der Waals surface area contributed by atoms with Gasteiger partial charge in [0.1, 0.15) is 15.7 Å². The lowest BCUT2D eigenvalue weighted by Gasteiger charge is -2.16. The lowest BCUT2D eigenvalue weighted by Crippen LogP contribution is -1.98. The molecular formula is C12H26B2. The van der Waals surface area contributed by atoms with Crippen LogP contribution in [0.15, 0.2) is 0 Å². The summed E-state index contributed by atoms with van der Waals surface area (Å²) in [5, 5.41) is 0. The zero-order valence-corrected chi connectivity index (χ0v) is 10.2. The quantitative estimate of drug-likeness (QED) is 0.517. The van der Waals surface area contributed by atoms with Crippen LogP contribution in [0.25, 0.3) is 0 Å². The summed E-state index contributed by atoms with van der Waals surface area (Å²) in [7, 11) is 4.88. The highest BCUT2D eigenvalue weighted by Crippen LogP contribution is 2.25. The molecule has 80 valence electrons. The van der Waals surface area contributed by atoms with Crippen LogP contribution >= 0.6 is 0 Å². The van der Waals surface area contributed by atoms with Crippen LogP contribution in [0.3, 0.4) is 0 Å². The molecule has 0 aromatic heterocycles. The van der Waals surface area contributed by atoms with E-state index in [4.69, 9.17) is 0 Å². The van der Waals surface area contributed by atoms with Crippen molar-refractivity contribution in [1.82, 2.24) is 0 Å². The van der Waals surface area contributed by atoms with Gasteiger partial charge in [-0.05, 0) is 0 Å². The molecule has 1 rings (SSSR count). The molecule has 2 unspecified atom stereocenters. The van der Waals surface area contributed by atoms with E-state index in [9.17, 15) is 0 Å². The Kier molecular flexibility index (Phi) is 6.47. The molecule has 0 aromatic rings. The standard InChI is InChI=1S/C12H26B2/c13-11-7-4-2-1-3-5-8-12(14)10-6-9-11/h11-12H,1-10,13-14H2. The molecule has 0 amide bonds. The predicted octanol–water partition coefficient (Wildman–Crippen LogP) is 2.74. The maximum Gasteiger partial charge on any atom is 0.105 e. The molecule has 0 heterocycles. The molecule has 0 saturated heterocycles. The molecule has 14 heavy (non-hydrogen) atoms. The third-order valence-electron chi connectivity index (χ3n) is 3.79. The van der Waals surface area contributed by atoms with Crippen LogP contribution < -0.4 is 0 Å². The summed E-state index contributed by atoms with van der Waals surface area (Å²) in [6.07, 6.45) is 14.8. The molecule has 1 fully saturated rings. The second-order valence-electron chi connectivity index (χ2n) is 5.49. The molecule has 2 heteroatoms. The van der Waals surface area contributed by atoms with Crippen LogP contribution in [0.2, 0.25) is 11.6 Å². The average molecular weight is 192 g/mol. The molecule has 0 nitrogen and oxygen atoms in total. The molecule has 1 aliphatic rings. The van der Waals surface area contributed by atoms with E-state index in [1.807, 2.05) is 0 Å². The van der Waals surface area contributed by atoms with Gasteiger partial charge >= 0.3 is 0 Å². The lowest BCUT2D eigenvalue weighted by molar-refractivity contribution is 0.504. The van der Waals surface area contributed by atoms with Gasteiger partial charge in [0.05, 0.1) is 0 Å². The number of hydrogen-bond acceptors (Lipinski definition) is 0. The van der Waals surface area contributed by atoms with Crippen LogP contribution in [0.1, 0.15) is 64.2 Å². The molecule has 0 bridgehead atoms. The zero-order chi connectivity index (χ0) is 10.2. The summed E-state index contributed by atoms with van der Waals surface area (Å²) in [4.78, 5) is 0. The van der Waals surface area contributed by atoms with Crippen molar-refractivity contribution in [3.8, 4) is 0 Å². The molecule has 1 saturated carbocycles. The monoisotopic (exact) mass is 192 g/mol. The Hall–Kier alpha value is 0.130. The van der Waals surface area contributed by atoms with Gasteiger partial charge in [0.25, 0.3) is 0 Å². The first-order valence-corrected chi connectivity index (χ1v) is 6.79. The zero-order valence-electron chi connectivity index (χ0n) is 10.2. The molecule has 0 N–H and O–H groups in total. The van der Waals surface area contributed by atoms with E-state index in [1.54, 1.807) is 0 Å². The first-order chi connectivity index (χ1) is 6.79. The van der Waals surface area contributed by atoms with Gasteiger partial charge in [0, 0.05) is 0 Å². The summed E-state index contributed by atoms with van der Waals surface area (Å²) in [5.74, 6) is 1.98. The van der Waals surface area contributed by atoms with E-state index in [0.29, 0.717) is 0 Å². The smallest absolute Gasteiger partial charge is 0.0697 e. The average Bonchev–Trinajstić information content (AvgIpc) is 2.14. The molecule has 0 aromatic carbocycles. The van der Waals surface area contributed by atoms with Gasteiger partial charge in [0.2, 0.25) is 0 Å². The van der Waals surface area contributed by atoms with E-state index in [-0.39, 0.29) is 0 Å². The fraction of sp³-hybridized carbons (Fsp3) is 1.00. The molecular weight excluding hydrogens is 166 g/mol. The fourth-order valence-corrected chi connectivity index (χ4v) is 2.62. The third kappa shape index (κ3) is 5.78. The Morgan fingerprint density at radius 3 is 1.36 bits per heavy atom. The normalized spacial score (nSPS) is 32.9. The minimum absolute atomic E-state index is 0.988. The van der Waals surface area contributed by atoms with E-state index in [2.05, 4.69) is 15.7 Å². The molecule has 2 atom stereocenters. The van der Waals surface area contributed by atoms with Crippen molar-refractivity contribution in [2.45, 2.75) is 75.8 Å². The van der Waals surface area contributed by atoms with Crippen molar-refractivity contribution in [2.24, 2.45) is 0 Å². The highest BCUT2D eigenvalue weighted by molar-refractivity contribution is 6.12. The molecule has 0 radical (unpaired) electrons. The molecule has 1 aliphatic carbocycles. The summed E-state index contributed by atoms with van der Waals surface area (Å²) < 4.78 is 0. The highest BCUT2D eigenvalue weighted by Gasteiger charge is 2.07. The Morgan fingerprint density at radius 1 is 0.500 bits per heavy atom. The van der Waals surface area contributed by atoms with Crippen LogP contribution in [0.5, 0.6) is 0 Å². The summed E-state index contributed by atoms with van der Waals surface area (Å²) in [5.41, 5.74) is 0. The molecule has 0 spiro atoms. The SMILES string of the molecule is BC1CCCCCCCC(B)CCC1. The number of hydrogen-bond donors (Lipinski definition) is 0. The summed E-state index contributed by atoms with van der Waals surface area (Å²) in [6.45, 7) is 0. The van der Waals surface area contributed by atoms with Crippen molar-refractivity contribution in [1.29, 1.82) is 0 Å². The Morgan fingerprint density at radius 2 is 0.857 bits per heavy atom. The first-order valence-electron chi connectivity index (χ1n) is 6.79. The van der Waals surface area contributed by atoms with Gasteiger partial charge in [0.15, 0.2) is 0 Å².